The molecule has 1 heterocycles. The van der Waals surface area contributed by atoms with Crippen molar-refractivity contribution in [3.63, 3.8) is 0 Å². The number of unbranched alkanes of at least 4 members (excludes halogenated alkanes) is 2. The van der Waals surface area contributed by atoms with Gasteiger partial charge in [-0.15, -0.1) is 0 Å². The summed E-state index contributed by atoms with van der Waals surface area (Å²) in [5, 5.41) is 12.0. The van der Waals surface area contributed by atoms with Crippen LogP contribution in [0.25, 0.3) is 0 Å². The first-order chi connectivity index (χ1) is 9.15. The molecule has 5 nitrogen and oxygen atoms in total. The van der Waals surface area contributed by atoms with E-state index in [0.717, 1.165) is 37.3 Å². The number of aryl methyl sites for hydroxylation is 1. The van der Waals surface area contributed by atoms with E-state index < -0.39 is 0 Å². The summed E-state index contributed by atoms with van der Waals surface area (Å²) in [4.78, 5) is 15.2. The minimum absolute atomic E-state index is 0.160. The molecule has 0 aliphatic carbocycles. The molecule has 0 aliphatic heterocycles. The van der Waals surface area contributed by atoms with Gasteiger partial charge in [-0.25, -0.2) is 4.98 Å². The highest BCUT2D eigenvalue weighted by molar-refractivity contribution is 5.68. The standard InChI is InChI=1S/C14H19N3O2/c1-11-8-12(10-15)9-13(17-11)16-7-5-3-4-6-14(18)19-2/h8-9H,3-7H2,1-2H3,(H,16,17). The summed E-state index contributed by atoms with van der Waals surface area (Å²) in [6.07, 6.45) is 3.21. The number of hydrogen-bond acceptors (Lipinski definition) is 5. The number of methoxy groups -OCH3 is 1. The number of esters is 1. The van der Waals surface area contributed by atoms with Gasteiger partial charge in [-0.05, 0) is 31.9 Å². The SMILES string of the molecule is COC(=O)CCCCCNc1cc(C#N)cc(C)n1. The zero-order valence-electron chi connectivity index (χ0n) is 11.4. The molecule has 0 aromatic carbocycles. The van der Waals surface area contributed by atoms with Crippen molar-refractivity contribution in [3.8, 4) is 6.07 Å². The van der Waals surface area contributed by atoms with E-state index in [1.807, 2.05) is 6.92 Å². The second-order valence-electron chi connectivity index (χ2n) is 4.31. The molecule has 1 aromatic rings. The van der Waals surface area contributed by atoms with Crippen molar-refractivity contribution < 1.29 is 9.53 Å². The number of rotatable bonds is 7. The van der Waals surface area contributed by atoms with Gasteiger partial charge in [0.1, 0.15) is 5.82 Å². The molecule has 0 unspecified atom stereocenters. The summed E-state index contributed by atoms with van der Waals surface area (Å²) >= 11 is 0. The summed E-state index contributed by atoms with van der Waals surface area (Å²) < 4.78 is 4.57. The van der Waals surface area contributed by atoms with Gasteiger partial charge < -0.3 is 10.1 Å². The van der Waals surface area contributed by atoms with Crippen LogP contribution in [0.15, 0.2) is 12.1 Å². The minimum atomic E-state index is -0.160. The Labute approximate surface area is 113 Å². The predicted molar refractivity (Wildman–Crippen MR) is 72.7 cm³/mol. The van der Waals surface area contributed by atoms with Gasteiger partial charge in [0.2, 0.25) is 0 Å². The molecule has 19 heavy (non-hydrogen) atoms. The largest absolute Gasteiger partial charge is 0.469 e. The fraction of sp³-hybridized carbons (Fsp3) is 0.500. The molecule has 0 amide bonds. The fourth-order valence-corrected chi connectivity index (χ4v) is 1.71. The van der Waals surface area contributed by atoms with Crippen LogP contribution in [0.4, 0.5) is 5.82 Å². The number of hydrogen-bond donors (Lipinski definition) is 1. The van der Waals surface area contributed by atoms with Gasteiger partial charge in [0.05, 0.1) is 18.7 Å². The van der Waals surface area contributed by atoms with E-state index in [1.165, 1.54) is 7.11 Å². The molecule has 1 N–H and O–H groups in total. The molecule has 0 aliphatic rings. The van der Waals surface area contributed by atoms with E-state index in [4.69, 9.17) is 5.26 Å². The molecular weight excluding hydrogens is 242 g/mol. The van der Waals surface area contributed by atoms with Gasteiger partial charge in [-0.1, -0.05) is 6.42 Å². The lowest BCUT2D eigenvalue weighted by Crippen LogP contribution is -2.05. The van der Waals surface area contributed by atoms with Gasteiger partial charge in [0.15, 0.2) is 0 Å². The summed E-state index contributed by atoms with van der Waals surface area (Å²) in [5.74, 6) is 0.566. The number of pyridine rings is 1. The van der Waals surface area contributed by atoms with Crippen molar-refractivity contribution >= 4 is 11.8 Å². The molecule has 1 aromatic heterocycles. The van der Waals surface area contributed by atoms with E-state index in [2.05, 4.69) is 21.1 Å². The summed E-state index contributed by atoms with van der Waals surface area (Å²) in [6, 6.07) is 5.60. The van der Waals surface area contributed by atoms with Crippen LogP contribution in [-0.4, -0.2) is 24.6 Å². The highest BCUT2D eigenvalue weighted by atomic mass is 16.5. The first kappa shape index (κ1) is 15.0. The van der Waals surface area contributed by atoms with Gasteiger partial charge in [-0.3, -0.25) is 4.79 Å². The van der Waals surface area contributed by atoms with E-state index in [-0.39, 0.29) is 5.97 Å². The number of carbonyl (C=O) groups is 1. The van der Waals surface area contributed by atoms with Crippen molar-refractivity contribution in [1.29, 1.82) is 5.26 Å². The monoisotopic (exact) mass is 261 g/mol. The van der Waals surface area contributed by atoms with Crippen LogP contribution in [0, 0.1) is 18.3 Å². The van der Waals surface area contributed by atoms with Gasteiger partial charge in [-0.2, -0.15) is 5.26 Å². The van der Waals surface area contributed by atoms with E-state index >= 15 is 0 Å². The Balaban J connectivity index is 2.24. The Kier molecular flexibility index (Phi) is 6.37. The molecule has 0 atom stereocenters. The lowest BCUT2D eigenvalue weighted by Gasteiger charge is -2.06. The van der Waals surface area contributed by atoms with Crippen LogP contribution in [0.5, 0.6) is 0 Å². The van der Waals surface area contributed by atoms with Crippen molar-refractivity contribution in [2.75, 3.05) is 19.0 Å². The summed E-state index contributed by atoms with van der Waals surface area (Å²) in [5.41, 5.74) is 1.44. The summed E-state index contributed by atoms with van der Waals surface area (Å²) in [7, 11) is 1.40. The average Bonchev–Trinajstić information content (AvgIpc) is 2.41. The zero-order valence-corrected chi connectivity index (χ0v) is 11.4. The van der Waals surface area contributed by atoms with Crippen molar-refractivity contribution in [2.24, 2.45) is 0 Å². The van der Waals surface area contributed by atoms with E-state index in [0.29, 0.717) is 12.0 Å². The van der Waals surface area contributed by atoms with Crippen LogP contribution < -0.4 is 5.32 Å². The molecule has 0 radical (unpaired) electrons. The molecule has 0 saturated heterocycles. The third-order valence-corrected chi connectivity index (χ3v) is 2.67. The first-order valence-corrected chi connectivity index (χ1v) is 6.35. The number of carbonyl (C=O) groups excluding carboxylic acids is 1. The van der Waals surface area contributed by atoms with Crippen LogP contribution in [0.2, 0.25) is 0 Å². The van der Waals surface area contributed by atoms with Crippen molar-refractivity contribution in [1.82, 2.24) is 4.98 Å². The molecule has 5 heteroatoms. The van der Waals surface area contributed by atoms with Crippen LogP contribution in [0.3, 0.4) is 0 Å². The average molecular weight is 261 g/mol. The Hall–Kier alpha value is -2.09. The van der Waals surface area contributed by atoms with Crippen LogP contribution >= 0.6 is 0 Å². The van der Waals surface area contributed by atoms with E-state index in [9.17, 15) is 4.79 Å². The number of nitrogens with zero attached hydrogens (tertiary/aromatic N) is 2. The van der Waals surface area contributed by atoms with Gasteiger partial charge in [0, 0.05) is 18.7 Å². The Bertz CT molecular complexity index is 466. The number of nitriles is 1. The molecule has 0 fully saturated rings. The quantitative estimate of drug-likeness (QED) is 0.602. The predicted octanol–water partition coefficient (Wildman–Crippen LogP) is 2.41. The maximum atomic E-state index is 10.9. The second kappa shape index (κ2) is 8.09. The number of anilines is 1. The highest BCUT2D eigenvalue weighted by Crippen LogP contribution is 2.09. The maximum Gasteiger partial charge on any atom is 0.305 e. The zero-order chi connectivity index (χ0) is 14.1. The lowest BCUT2D eigenvalue weighted by molar-refractivity contribution is -0.140. The highest BCUT2D eigenvalue weighted by Gasteiger charge is 2.01. The normalized spacial score (nSPS) is 9.74. The van der Waals surface area contributed by atoms with Gasteiger partial charge >= 0.3 is 5.97 Å². The Morgan fingerprint density at radius 1 is 1.42 bits per heavy atom. The smallest absolute Gasteiger partial charge is 0.305 e. The third-order valence-electron chi connectivity index (χ3n) is 2.67. The molecule has 1 rings (SSSR count). The molecule has 0 spiro atoms. The van der Waals surface area contributed by atoms with Gasteiger partial charge in [0.25, 0.3) is 0 Å². The number of ether oxygens (including phenoxy) is 1. The number of nitrogens with one attached hydrogen (secondary N) is 1. The minimum Gasteiger partial charge on any atom is -0.469 e. The van der Waals surface area contributed by atoms with Crippen LogP contribution in [0.1, 0.15) is 36.9 Å². The molecule has 0 saturated carbocycles. The summed E-state index contributed by atoms with van der Waals surface area (Å²) in [6.45, 7) is 2.64. The number of aromatic nitrogens is 1. The first-order valence-electron chi connectivity index (χ1n) is 6.35. The van der Waals surface area contributed by atoms with E-state index in [1.54, 1.807) is 12.1 Å². The molecule has 102 valence electrons. The molecule has 0 bridgehead atoms. The maximum absolute atomic E-state index is 10.9. The Morgan fingerprint density at radius 3 is 2.89 bits per heavy atom. The Morgan fingerprint density at radius 2 is 2.21 bits per heavy atom. The second-order valence-corrected chi connectivity index (χ2v) is 4.31. The fourth-order valence-electron chi connectivity index (χ4n) is 1.71. The third kappa shape index (κ3) is 5.87. The van der Waals surface area contributed by atoms with Crippen molar-refractivity contribution in [2.45, 2.75) is 32.6 Å². The topological polar surface area (TPSA) is 75.0 Å². The molecular formula is C14H19N3O2. The van der Waals surface area contributed by atoms with Crippen LogP contribution in [-0.2, 0) is 9.53 Å². The van der Waals surface area contributed by atoms with Crippen molar-refractivity contribution in [3.05, 3.63) is 23.4 Å². The lowest BCUT2D eigenvalue weighted by atomic mass is 10.2.